The molecule has 1 heterocycles. The molecule has 0 unspecified atom stereocenters. The van der Waals surface area contributed by atoms with Crippen LogP contribution in [0.25, 0.3) is 10.8 Å². The van der Waals surface area contributed by atoms with Crippen LogP contribution < -0.4 is 19.5 Å². The second-order valence-corrected chi connectivity index (χ2v) is 6.48. The van der Waals surface area contributed by atoms with E-state index < -0.39 is 0 Å². The summed E-state index contributed by atoms with van der Waals surface area (Å²) in [5.74, 6) is 1.56. The van der Waals surface area contributed by atoms with Gasteiger partial charge >= 0.3 is 0 Å². The third-order valence-corrected chi connectivity index (χ3v) is 5.09. The number of nitrogens with one attached hydrogen (secondary N) is 1. The number of hydrogen-bond donors (Lipinski definition) is 1. The Balaban J connectivity index is 1.99. The molecule has 0 saturated heterocycles. The molecule has 0 fully saturated rings. The van der Waals surface area contributed by atoms with Crippen molar-refractivity contribution in [1.29, 1.82) is 0 Å². The van der Waals surface area contributed by atoms with Crippen molar-refractivity contribution in [2.24, 2.45) is 0 Å². The number of amides is 1. The first kappa shape index (κ1) is 17.2. The lowest BCUT2D eigenvalue weighted by molar-refractivity contribution is -0.116. The third kappa shape index (κ3) is 2.76. The summed E-state index contributed by atoms with van der Waals surface area (Å²) in [6, 6.07) is 16.0. The van der Waals surface area contributed by atoms with E-state index in [4.69, 9.17) is 14.2 Å². The number of fused-ring (bicyclic) bond motifs is 3. The number of rotatable bonds is 4. The van der Waals surface area contributed by atoms with E-state index in [1.165, 1.54) is 0 Å². The van der Waals surface area contributed by atoms with Crippen LogP contribution >= 0.6 is 0 Å². The topological polar surface area (TPSA) is 56.8 Å². The first-order valence-corrected chi connectivity index (χ1v) is 8.78. The van der Waals surface area contributed by atoms with Crippen LogP contribution in [0.3, 0.4) is 0 Å². The quantitative estimate of drug-likeness (QED) is 0.749. The van der Waals surface area contributed by atoms with Crippen molar-refractivity contribution in [3.63, 3.8) is 0 Å². The second kappa shape index (κ2) is 6.83. The van der Waals surface area contributed by atoms with Gasteiger partial charge in [0.15, 0.2) is 11.5 Å². The van der Waals surface area contributed by atoms with Crippen LogP contribution in [0.4, 0.5) is 5.69 Å². The Kier molecular flexibility index (Phi) is 4.36. The lowest BCUT2D eigenvalue weighted by atomic mass is 9.81. The van der Waals surface area contributed by atoms with E-state index in [9.17, 15) is 4.79 Å². The number of carbonyl (C=O) groups is 1. The normalized spacial score (nSPS) is 15.8. The minimum absolute atomic E-state index is 0.0142. The summed E-state index contributed by atoms with van der Waals surface area (Å²) in [5.41, 5.74) is 2.84. The van der Waals surface area contributed by atoms with Gasteiger partial charge in [0.2, 0.25) is 11.7 Å². The average Bonchev–Trinajstić information content (AvgIpc) is 2.71. The highest BCUT2D eigenvalue weighted by Crippen LogP contribution is 2.49. The van der Waals surface area contributed by atoms with E-state index in [1.54, 1.807) is 21.3 Å². The van der Waals surface area contributed by atoms with Crippen LogP contribution in [-0.4, -0.2) is 27.2 Å². The van der Waals surface area contributed by atoms with Crippen molar-refractivity contribution < 1.29 is 19.0 Å². The molecule has 1 aliphatic rings. The van der Waals surface area contributed by atoms with Crippen molar-refractivity contribution in [3.05, 3.63) is 59.7 Å². The van der Waals surface area contributed by atoms with Gasteiger partial charge in [-0.3, -0.25) is 4.79 Å². The van der Waals surface area contributed by atoms with Gasteiger partial charge in [0.05, 0.1) is 21.3 Å². The molecule has 27 heavy (non-hydrogen) atoms. The van der Waals surface area contributed by atoms with Crippen molar-refractivity contribution in [1.82, 2.24) is 0 Å². The predicted octanol–water partition coefficient (Wildman–Crippen LogP) is 4.34. The molecule has 3 aromatic carbocycles. The standard InChI is InChI=1S/C22H21NO4/c1-25-18-11-9-15(21(26-2)22(18)27-3)16-12-19(24)23-17-10-8-13-6-4-5-7-14(13)20(16)17/h4-11,16H,12H2,1-3H3,(H,23,24)/t16-/m1/s1. The van der Waals surface area contributed by atoms with Gasteiger partial charge in [-0.1, -0.05) is 36.4 Å². The number of methoxy groups -OCH3 is 3. The Morgan fingerprint density at radius 3 is 2.41 bits per heavy atom. The zero-order chi connectivity index (χ0) is 19.0. The molecule has 1 amide bonds. The van der Waals surface area contributed by atoms with Crippen molar-refractivity contribution >= 4 is 22.4 Å². The molecule has 4 rings (SSSR count). The molecule has 138 valence electrons. The fraction of sp³-hybridized carbons (Fsp3) is 0.227. The summed E-state index contributed by atoms with van der Waals surface area (Å²) in [5, 5.41) is 5.26. The summed E-state index contributed by atoms with van der Waals surface area (Å²) in [6.45, 7) is 0. The fourth-order valence-electron chi connectivity index (χ4n) is 3.93. The first-order valence-electron chi connectivity index (χ1n) is 8.78. The molecule has 3 aromatic rings. The second-order valence-electron chi connectivity index (χ2n) is 6.48. The largest absolute Gasteiger partial charge is 0.493 e. The minimum Gasteiger partial charge on any atom is -0.493 e. The maximum Gasteiger partial charge on any atom is 0.225 e. The van der Waals surface area contributed by atoms with Gasteiger partial charge in [-0.05, 0) is 28.5 Å². The Hall–Kier alpha value is -3.21. The van der Waals surface area contributed by atoms with E-state index in [0.717, 1.165) is 27.6 Å². The molecular formula is C22H21NO4. The Morgan fingerprint density at radius 1 is 0.889 bits per heavy atom. The van der Waals surface area contributed by atoms with Crippen LogP contribution in [0, 0.1) is 0 Å². The van der Waals surface area contributed by atoms with Crippen LogP contribution in [0.5, 0.6) is 17.2 Å². The smallest absolute Gasteiger partial charge is 0.225 e. The predicted molar refractivity (Wildman–Crippen MR) is 105 cm³/mol. The Morgan fingerprint density at radius 2 is 1.67 bits per heavy atom. The molecule has 5 heteroatoms. The van der Waals surface area contributed by atoms with Crippen LogP contribution in [0.1, 0.15) is 23.5 Å². The number of hydrogen-bond acceptors (Lipinski definition) is 4. The first-order chi connectivity index (χ1) is 13.2. The molecular weight excluding hydrogens is 342 g/mol. The zero-order valence-corrected chi connectivity index (χ0v) is 15.5. The van der Waals surface area contributed by atoms with Gasteiger partial charge in [0.1, 0.15) is 0 Å². The van der Waals surface area contributed by atoms with E-state index in [0.29, 0.717) is 23.7 Å². The SMILES string of the molecule is COc1ccc([C@H]2CC(=O)Nc3ccc4ccccc4c32)c(OC)c1OC. The molecule has 5 nitrogen and oxygen atoms in total. The molecule has 1 atom stereocenters. The molecule has 1 N–H and O–H groups in total. The number of ether oxygens (including phenoxy) is 3. The molecule has 0 aromatic heterocycles. The maximum absolute atomic E-state index is 12.4. The van der Waals surface area contributed by atoms with Crippen LogP contribution in [-0.2, 0) is 4.79 Å². The number of anilines is 1. The van der Waals surface area contributed by atoms with E-state index >= 15 is 0 Å². The minimum atomic E-state index is -0.144. The third-order valence-electron chi connectivity index (χ3n) is 5.09. The average molecular weight is 363 g/mol. The van der Waals surface area contributed by atoms with E-state index in [1.807, 2.05) is 36.4 Å². The number of carbonyl (C=O) groups excluding carboxylic acids is 1. The molecule has 1 aliphatic heterocycles. The van der Waals surface area contributed by atoms with Crippen LogP contribution in [0.15, 0.2) is 48.5 Å². The molecule has 0 bridgehead atoms. The monoisotopic (exact) mass is 363 g/mol. The Labute approximate surface area is 157 Å². The van der Waals surface area contributed by atoms with Crippen molar-refractivity contribution in [2.45, 2.75) is 12.3 Å². The van der Waals surface area contributed by atoms with Crippen molar-refractivity contribution in [2.75, 3.05) is 26.6 Å². The van der Waals surface area contributed by atoms with E-state index in [2.05, 4.69) is 17.4 Å². The van der Waals surface area contributed by atoms with Gasteiger partial charge in [-0.25, -0.2) is 0 Å². The molecule has 0 spiro atoms. The van der Waals surface area contributed by atoms with Gasteiger partial charge in [-0.15, -0.1) is 0 Å². The van der Waals surface area contributed by atoms with Crippen molar-refractivity contribution in [3.8, 4) is 17.2 Å². The Bertz CT molecular complexity index is 1030. The summed E-state index contributed by atoms with van der Waals surface area (Å²) < 4.78 is 16.6. The lowest BCUT2D eigenvalue weighted by Crippen LogP contribution is -2.24. The summed E-state index contributed by atoms with van der Waals surface area (Å²) in [7, 11) is 4.78. The van der Waals surface area contributed by atoms with Crippen LogP contribution in [0.2, 0.25) is 0 Å². The van der Waals surface area contributed by atoms with Gasteiger partial charge in [-0.2, -0.15) is 0 Å². The van der Waals surface area contributed by atoms with Gasteiger partial charge in [0, 0.05) is 23.6 Å². The highest BCUT2D eigenvalue weighted by atomic mass is 16.5. The summed E-state index contributed by atoms with van der Waals surface area (Å²) in [6.07, 6.45) is 0.340. The fourth-order valence-corrected chi connectivity index (χ4v) is 3.93. The summed E-state index contributed by atoms with van der Waals surface area (Å²) >= 11 is 0. The number of benzene rings is 3. The highest BCUT2D eigenvalue weighted by molar-refractivity contribution is 6.01. The maximum atomic E-state index is 12.4. The lowest BCUT2D eigenvalue weighted by Gasteiger charge is -2.29. The molecule has 0 saturated carbocycles. The molecule has 0 radical (unpaired) electrons. The molecule has 0 aliphatic carbocycles. The highest BCUT2D eigenvalue weighted by Gasteiger charge is 2.32. The van der Waals surface area contributed by atoms with E-state index in [-0.39, 0.29) is 11.8 Å². The van der Waals surface area contributed by atoms with Gasteiger partial charge in [0.25, 0.3) is 0 Å². The van der Waals surface area contributed by atoms with Gasteiger partial charge < -0.3 is 19.5 Å². The summed E-state index contributed by atoms with van der Waals surface area (Å²) in [4.78, 5) is 12.4. The zero-order valence-electron chi connectivity index (χ0n) is 15.5.